The molecule has 0 fully saturated rings. The molecule has 0 aromatic heterocycles. The van der Waals surface area contributed by atoms with Crippen LogP contribution in [0.25, 0.3) is 0 Å². The minimum Gasteiger partial charge on any atom is -0.460 e. The van der Waals surface area contributed by atoms with E-state index in [2.05, 4.69) is 0 Å². The average Bonchev–Trinajstić information content (AvgIpc) is 2.34. The molecular formula is C17H24O3S. The van der Waals surface area contributed by atoms with E-state index in [-0.39, 0.29) is 17.0 Å². The van der Waals surface area contributed by atoms with Gasteiger partial charge < -0.3 is 4.74 Å². The molecule has 0 unspecified atom stereocenters. The lowest BCUT2D eigenvalue weighted by atomic mass is 9.98. The fourth-order valence-corrected chi connectivity index (χ4v) is 2.70. The van der Waals surface area contributed by atoms with Crippen LogP contribution in [0.3, 0.4) is 0 Å². The highest BCUT2D eigenvalue weighted by atomic mass is 32.2. The third-order valence-corrected chi connectivity index (χ3v) is 3.81. The predicted octanol–water partition coefficient (Wildman–Crippen LogP) is 3.86. The van der Waals surface area contributed by atoms with E-state index in [4.69, 9.17) is 4.74 Å². The molecule has 0 saturated heterocycles. The lowest BCUT2D eigenvalue weighted by Crippen LogP contribution is -2.26. The Morgan fingerprint density at radius 2 is 1.81 bits per heavy atom. The van der Waals surface area contributed by atoms with E-state index in [1.165, 1.54) is 17.3 Å². The van der Waals surface area contributed by atoms with Crippen LogP contribution in [0.1, 0.15) is 39.7 Å². The lowest BCUT2D eigenvalue weighted by molar-refractivity contribution is -0.155. The maximum Gasteiger partial charge on any atom is 0.306 e. The summed E-state index contributed by atoms with van der Waals surface area (Å²) < 4.78 is 5.38. The Kier molecular flexibility index (Phi) is 6.96. The molecule has 0 aliphatic rings. The third kappa shape index (κ3) is 8.56. The van der Waals surface area contributed by atoms with Crippen molar-refractivity contribution in [3.05, 3.63) is 35.9 Å². The van der Waals surface area contributed by atoms with Crippen LogP contribution in [-0.4, -0.2) is 22.4 Å². The summed E-state index contributed by atoms with van der Waals surface area (Å²) in [6.45, 7) is 7.14. The van der Waals surface area contributed by atoms with E-state index in [1.54, 1.807) is 6.92 Å². The summed E-state index contributed by atoms with van der Waals surface area (Å²) in [6, 6.07) is 10.0. The second-order valence-electron chi connectivity index (χ2n) is 6.15. The molecule has 0 heterocycles. The van der Waals surface area contributed by atoms with Gasteiger partial charge in [0.1, 0.15) is 5.60 Å². The zero-order chi connectivity index (χ0) is 15.9. The molecule has 1 aromatic carbocycles. The van der Waals surface area contributed by atoms with Crippen molar-refractivity contribution in [1.82, 2.24) is 0 Å². The van der Waals surface area contributed by atoms with E-state index >= 15 is 0 Å². The highest BCUT2D eigenvalue weighted by Crippen LogP contribution is 2.20. The molecular weight excluding hydrogens is 284 g/mol. The molecule has 0 aliphatic carbocycles. The summed E-state index contributed by atoms with van der Waals surface area (Å²) in [5.74, 6) is 0.549. The smallest absolute Gasteiger partial charge is 0.306 e. The molecule has 116 valence electrons. The molecule has 0 bridgehead atoms. The zero-order valence-electron chi connectivity index (χ0n) is 13.2. The molecule has 21 heavy (non-hydrogen) atoms. The number of hydrogen-bond donors (Lipinski definition) is 0. The number of ether oxygens (including phenoxy) is 1. The molecule has 0 radical (unpaired) electrons. The topological polar surface area (TPSA) is 43.4 Å². The molecule has 4 heteroatoms. The zero-order valence-corrected chi connectivity index (χ0v) is 14.0. The quantitative estimate of drug-likeness (QED) is 0.749. The van der Waals surface area contributed by atoms with Crippen molar-refractivity contribution in [2.75, 3.05) is 5.75 Å². The van der Waals surface area contributed by atoms with Gasteiger partial charge in [-0.25, -0.2) is 0 Å². The first-order valence-electron chi connectivity index (χ1n) is 7.15. The van der Waals surface area contributed by atoms with E-state index in [1.807, 2.05) is 51.1 Å². The second-order valence-corrected chi connectivity index (χ2v) is 7.35. The number of carbonyl (C=O) groups excluding carboxylic acids is 2. The van der Waals surface area contributed by atoms with Crippen molar-refractivity contribution in [3.63, 3.8) is 0 Å². The van der Waals surface area contributed by atoms with Gasteiger partial charge in [0.25, 0.3) is 0 Å². The van der Waals surface area contributed by atoms with E-state index in [0.29, 0.717) is 12.2 Å². The van der Waals surface area contributed by atoms with Crippen molar-refractivity contribution in [2.45, 2.75) is 46.1 Å². The Hall–Kier alpha value is -1.29. The third-order valence-electron chi connectivity index (χ3n) is 2.76. The van der Waals surface area contributed by atoms with Gasteiger partial charge in [-0.1, -0.05) is 42.1 Å². The summed E-state index contributed by atoms with van der Waals surface area (Å²) in [5.41, 5.74) is 0.706. The summed E-state index contributed by atoms with van der Waals surface area (Å²) in [4.78, 5) is 23.1. The van der Waals surface area contributed by atoms with Gasteiger partial charge in [-0.2, -0.15) is 0 Å². The van der Waals surface area contributed by atoms with Crippen LogP contribution in [0.5, 0.6) is 0 Å². The van der Waals surface area contributed by atoms with Gasteiger partial charge in [-0.05, 0) is 38.7 Å². The van der Waals surface area contributed by atoms with Gasteiger partial charge in [0.2, 0.25) is 0 Å². The van der Waals surface area contributed by atoms with Crippen molar-refractivity contribution >= 4 is 22.8 Å². The lowest BCUT2D eigenvalue weighted by Gasteiger charge is -2.22. The van der Waals surface area contributed by atoms with Crippen LogP contribution in [-0.2, 0) is 20.7 Å². The van der Waals surface area contributed by atoms with Crippen LogP contribution < -0.4 is 0 Å². The molecule has 0 spiro atoms. The Balaban J connectivity index is 2.63. The van der Waals surface area contributed by atoms with Crippen LogP contribution in [0, 0.1) is 5.92 Å². The van der Waals surface area contributed by atoms with Gasteiger partial charge in [-0.3, -0.25) is 9.59 Å². The minimum absolute atomic E-state index is 0.0808. The molecule has 1 atom stereocenters. The summed E-state index contributed by atoms with van der Waals surface area (Å²) in [5, 5.41) is 0.0808. The van der Waals surface area contributed by atoms with Crippen LogP contribution >= 0.6 is 11.8 Å². The molecule has 1 rings (SSSR count). The molecule has 0 amide bonds. The number of carbonyl (C=O) groups is 2. The van der Waals surface area contributed by atoms with Crippen molar-refractivity contribution < 1.29 is 14.3 Å². The van der Waals surface area contributed by atoms with Gasteiger partial charge in [-0.15, -0.1) is 0 Å². The van der Waals surface area contributed by atoms with Crippen molar-refractivity contribution in [3.8, 4) is 0 Å². The highest BCUT2D eigenvalue weighted by Gasteiger charge is 2.21. The predicted molar refractivity (Wildman–Crippen MR) is 87.2 cm³/mol. The van der Waals surface area contributed by atoms with E-state index in [0.717, 1.165) is 6.42 Å². The fourth-order valence-electron chi connectivity index (χ4n) is 1.99. The molecule has 3 nitrogen and oxygen atoms in total. The number of benzene rings is 1. The standard InChI is InChI=1S/C17H24O3S/c1-13(18)21-12-15(10-14-8-6-5-7-9-14)11-16(19)20-17(2,3)4/h5-9,15H,10-12H2,1-4H3/t15-/m0/s1. The maximum absolute atomic E-state index is 12.0. The average molecular weight is 308 g/mol. The SMILES string of the molecule is CC(=O)SC[C@H](CC(=O)OC(C)(C)C)Cc1ccccc1. The monoisotopic (exact) mass is 308 g/mol. The van der Waals surface area contributed by atoms with Crippen molar-refractivity contribution in [1.29, 1.82) is 0 Å². The number of hydrogen-bond acceptors (Lipinski definition) is 4. The normalized spacial score (nSPS) is 12.8. The first kappa shape index (κ1) is 17.8. The second kappa shape index (κ2) is 8.23. The van der Waals surface area contributed by atoms with Gasteiger partial charge in [0.05, 0.1) is 0 Å². The maximum atomic E-state index is 12.0. The number of thioether (sulfide) groups is 1. The highest BCUT2D eigenvalue weighted by molar-refractivity contribution is 8.13. The van der Waals surface area contributed by atoms with Gasteiger partial charge in [0.15, 0.2) is 5.12 Å². The van der Waals surface area contributed by atoms with Crippen LogP contribution in [0.15, 0.2) is 30.3 Å². The van der Waals surface area contributed by atoms with Gasteiger partial charge in [0, 0.05) is 19.1 Å². The van der Waals surface area contributed by atoms with Gasteiger partial charge >= 0.3 is 5.97 Å². The first-order chi connectivity index (χ1) is 9.76. The molecule has 0 aliphatic heterocycles. The number of rotatable bonds is 6. The largest absolute Gasteiger partial charge is 0.460 e. The Morgan fingerprint density at radius 3 is 2.33 bits per heavy atom. The summed E-state index contributed by atoms with van der Waals surface area (Å²) in [7, 11) is 0. The molecule has 1 aromatic rings. The van der Waals surface area contributed by atoms with Crippen LogP contribution in [0.4, 0.5) is 0 Å². The molecule has 0 saturated carbocycles. The Bertz CT molecular complexity index is 463. The van der Waals surface area contributed by atoms with Crippen LogP contribution in [0.2, 0.25) is 0 Å². The summed E-state index contributed by atoms with van der Waals surface area (Å²) in [6.07, 6.45) is 1.12. The van der Waals surface area contributed by atoms with Crippen molar-refractivity contribution in [2.24, 2.45) is 5.92 Å². The van der Waals surface area contributed by atoms with E-state index < -0.39 is 5.60 Å². The Morgan fingerprint density at radius 1 is 1.19 bits per heavy atom. The molecule has 0 N–H and O–H groups in total. The first-order valence-corrected chi connectivity index (χ1v) is 8.14. The number of esters is 1. The summed E-state index contributed by atoms with van der Waals surface area (Å²) >= 11 is 1.27. The fraction of sp³-hybridized carbons (Fsp3) is 0.529. The minimum atomic E-state index is -0.470. The van der Waals surface area contributed by atoms with E-state index in [9.17, 15) is 9.59 Å². The Labute approximate surface area is 131 Å².